The molecule has 0 heterocycles. The summed E-state index contributed by atoms with van der Waals surface area (Å²) in [5.74, 6) is 0. The summed E-state index contributed by atoms with van der Waals surface area (Å²) in [5, 5.41) is 6.67. The topological polar surface area (TPSA) is 51.8 Å². The second-order valence-corrected chi connectivity index (χ2v) is 8.55. The van der Waals surface area contributed by atoms with Gasteiger partial charge in [-0.3, -0.25) is 0 Å². The highest BCUT2D eigenvalue weighted by molar-refractivity contribution is 6.47. The number of benzene rings is 4. The Balaban J connectivity index is 1.11. The molecule has 0 fully saturated rings. The lowest BCUT2D eigenvalue weighted by Crippen LogP contribution is -2.21. The molecule has 0 aliphatic heterocycles. The highest BCUT2D eigenvalue weighted by Gasteiger charge is 2.03. The second-order valence-electron chi connectivity index (χ2n) is 8.55. The van der Waals surface area contributed by atoms with E-state index in [9.17, 15) is 0 Å². The largest absolute Gasteiger partial charge is 0.432 e. The molecule has 186 valence electrons. The minimum atomic E-state index is 0.535. The molecule has 2 N–H and O–H groups in total. The average Bonchev–Trinajstić information content (AvgIpc) is 2.94. The fourth-order valence-electron chi connectivity index (χ4n) is 3.73. The number of ether oxygens (including phenoxy) is 1. The first-order chi connectivity index (χ1) is 18.3. The van der Waals surface area contributed by atoms with Crippen LogP contribution in [0.5, 0.6) is 0 Å². The van der Waals surface area contributed by atoms with Crippen LogP contribution in [0.15, 0.2) is 109 Å². The van der Waals surface area contributed by atoms with Gasteiger partial charge in [-0.05, 0) is 35.4 Å². The van der Waals surface area contributed by atoms with E-state index in [1.165, 1.54) is 0 Å². The number of anilines is 2. The molecular weight excluding hydrogens is 458 g/mol. The van der Waals surface area contributed by atoms with Crippen molar-refractivity contribution >= 4 is 37.3 Å². The molecule has 4 aromatic carbocycles. The molecule has 4 rings (SSSR count). The van der Waals surface area contributed by atoms with Crippen LogP contribution in [0.25, 0.3) is 0 Å². The quantitative estimate of drug-likeness (QED) is 0.183. The Morgan fingerprint density at radius 1 is 0.514 bits per heavy atom. The van der Waals surface area contributed by atoms with Gasteiger partial charge >= 0.3 is 15.0 Å². The molecule has 2 radical (unpaired) electrons. The summed E-state index contributed by atoms with van der Waals surface area (Å²) in [4.78, 5) is 0. The van der Waals surface area contributed by atoms with E-state index >= 15 is 0 Å². The van der Waals surface area contributed by atoms with Crippen molar-refractivity contribution in [2.75, 3.05) is 36.9 Å². The third kappa shape index (κ3) is 10.2. The van der Waals surface area contributed by atoms with Gasteiger partial charge in [-0.25, -0.2) is 0 Å². The van der Waals surface area contributed by atoms with Crippen molar-refractivity contribution in [1.82, 2.24) is 0 Å². The predicted molar refractivity (Wildman–Crippen MR) is 154 cm³/mol. The average molecular weight is 490 g/mol. The van der Waals surface area contributed by atoms with E-state index in [0.29, 0.717) is 26.4 Å². The van der Waals surface area contributed by atoms with Crippen molar-refractivity contribution in [1.29, 1.82) is 0 Å². The van der Waals surface area contributed by atoms with Crippen LogP contribution in [-0.4, -0.2) is 41.3 Å². The fraction of sp³-hybridized carbons (Fsp3) is 0.200. The summed E-state index contributed by atoms with van der Waals surface area (Å²) in [6, 6.07) is 36.7. The Morgan fingerprint density at radius 2 is 0.973 bits per heavy atom. The molecule has 0 saturated carbocycles. The third-order valence-electron chi connectivity index (χ3n) is 5.52. The minimum Gasteiger partial charge on any atom is -0.432 e. The van der Waals surface area contributed by atoms with Gasteiger partial charge in [0.1, 0.15) is 0 Å². The first kappa shape index (κ1) is 26.6. The van der Waals surface area contributed by atoms with E-state index in [4.69, 9.17) is 14.0 Å². The van der Waals surface area contributed by atoms with Gasteiger partial charge in [0.25, 0.3) is 0 Å². The molecule has 0 aliphatic rings. The summed E-state index contributed by atoms with van der Waals surface area (Å²) in [6.07, 6.45) is 0. The van der Waals surface area contributed by atoms with E-state index in [-0.39, 0.29) is 0 Å². The smallest absolute Gasteiger partial charge is 0.330 e. The van der Waals surface area contributed by atoms with E-state index in [1.54, 1.807) is 15.0 Å². The zero-order chi connectivity index (χ0) is 25.4. The SMILES string of the molecule is [B](OCCNc1ccccc1)c1cccc(COCc2cccc([B]OCCNc3ccccc3)c2)c1. The highest BCUT2D eigenvalue weighted by Crippen LogP contribution is 2.06. The minimum absolute atomic E-state index is 0.535. The summed E-state index contributed by atoms with van der Waals surface area (Å²) in [7, 11) is 3.59. The number of hydrogen-bond acceptors (Lipinski definition) is 5. The lowest BCUT2D eigenvalue weighted by atomic mass is 9.87. The zero-order valence-corrected chi connectivity index (χ0v) is 21.0. The van der Waals surface area contributed by atoms with Gasteiger partial charge in [0.2, 0.25) is 0 Å². The first-order valence-corrected chi connectivity index (χ1v) is 12.6. The summed E-state index contributed by atoms with van der Waals surface area (Å²) in [5.41, 5.74) is 6.45. The Hall–Kier alpha value is -3.51. The number of nitrogens with one attached hydrogen (secondary N) is 2. The zero-order valence-electron chi connectivity index (χ0n) is 21.0. The van der Waals surface area contributed by atoms with Gasteiger partial charge in [0.15, 0.2) is 0 Å². The fourth-order valence-corrected chi connectivity index (χ4v) is 3.73. The van der Waals surface area contributed by atoms with Crippen molar-refractivity contribution in [2.45, 2.75) is 13.2 Å². The van der Waals surface area contributed by atoms with Gasteiger partial charge in [-0.2, -0.15) is 0 Å². The van der Waals surface area contributed by atoms with Crippen LogP contribution in [0.4, 0.5) is 11.4 Å². The van der Waals surface area contributed by atoms with Crippen molar-refractivity contribution in [3.05, 3.63) is 120 Å². The molecule has 0 aromatic heterocycles. The van der Waals surface area contributed by atoms with Gasteiger partial charge in [-0.1, -0.05) is 95.9 Å². The molecule has 4 aromatic rings. The molecule has 5 nitrogen and oxygen atoms in total. The predicted octanol–water partition coefficient (Wildman–Crippen LogP) is 4.15. The second kappa shape index (κ2) is 15.6. The van der Waals surface area contributed by atoms with E-state index < -0.39 is 0 Å². The van der Waals surface area contributed by atoms with Gasteiger partial charge in [0, 0.05) is 37.7 Å². The molecule has 37 heavy (non-hydrogen) atoms. The van der Waals surface area contributed by atoms with Crippen molar-refractivity contribution in [2.24, 2.45) is 0 Å². The summed E-state index contributed by atoms with van der Waals surface area (Å²) >= 11 is 0. The number of para-hydroxylation sites is 2. The monoisotopic (exact) mass is 490 g/mol. The van der Waals surface area contributed by atoms with Gasteiger partial charge in [0.05, 0.1) is 13.2 Å². The number of rotatable bonds is 16. The Morgan fingerprint density at radius 3 is 1.43 bits per heavy atom. The Bertz CT molecular complexity index is 1090. The van der Waals surface area contributed by atoms with Crippen LogP contribution in [0, 0.1) is 0 Å². The lowest BCUT2D eigenvalue weighted by Gasteiger charge is -2.09. The summed E-state index contributed by atoms with van der Waals surface area (Å²) < 4.78 is 17.4. The molecule has 0 unspecified atom stereocenters. The van der Waals surface area contributed by atoms with E-state index in [1.807, 2.05) is 84.9 Å². The Kier molecular flexibility index (Phi) is 11.2. The molecule has 0 saturated heterocycles. The highest BCUT2D eigenvalue weighted by atomic mass is 16.5. The molecule has 0 bridgehead atoms. The Labute approximate surface area is 221 Å². The lowest BCUT2D eigenvalue weighted by molar-refractivity contribution is 0.107. The van der Waals surface area contributed by atoms with Crippen LogP contribution < -0.4 is 21.6 Å². The van der Waals surface area contributed by atoms with Crippen LogP contribution >= 0.6 is 0 Å². The maximum absolute atomic E-state index is 5.97. The molecule has 0 aliphatic carbocycles. The van der Waals surface area contributed by atoms with Gasteiger partial charge < -0.3 is 24.7 Å². The van der Waals surface area contributed by atoms with Crippen molar-refractivity contribution in [3.63, 3.8) is 0 Å². The summed E-state index contributed by atoms with van der Waals surface area (Å²) in [6.45, 7) is 3.75. The van der Waals surface area contributed by atoms with E-state index in [0.717, 1.165) is 46.5 Å². The maximum Gasteiger partial charge on any atom is 0.330 e. The molecule has 0 amide bonds. The normalized spacial score (nSPS) is 10.6. The van der Waals surface area contributed by atoms with Crippen LogP contribution in [0.3, 0.4) is 0 Å². The molecule has 0 atom stereocenters. The molecule has 0 spiro atoms. The van der Waals surface area contributed by atoms with Crippen LogP contribution in [0.1, 0.15) is 11.1 Å². The molecular formula is C30H32B2N2O3. The van der Waals surface area contributed by atoms with Gasteiger partial charge in [-0.15, -0.1) is 0 Å². The van der Waals surface area contributed by atoms with Crippen molar-refractivity contribution in [3.8, 4) is 0 Å². The van der Waals surface area contributed by atoms with Crippen LogP contribution in [-0.2, 0) is 27.3 Å². The van der Waals surface area contributed by atoms with Crippen molar-refractivity contribution < 1.29 is 14.0 Å². The standard InChI is InChI=1S/C30H32B2N2O3/c1-3-13-29(14-4-1)33-17-19-36-31-27-11-7-9-25(21-27)23-35-24-26-10-8-12-28(22-26)32-37-20-18-34-30-15-5-2-6-16-30/h1-16,21-22,33-34H,17-20,23-24H2. The number of hydrogen-bond donors (Lipinski definition) is 2. The first-order valence-electron chi connectivity index (χ1n) is 12.6. The van der Waals surface area contributed by atoms with Crippen LogP contribution in [0.2, 0.25) is 0 Å². The third-order valence-corrected chi connectivity index (χ3v) is 5.52. The van der Waals surface area contributed by atoms with E-state index in [2.05, 4.69) is 34.9 Å². The maximum atomic E-state index is 5.97. The molecule has 7 heteroatoms.